The van der Waals surface area contributed by atoms with E-state index in [2.05, 4.69) is 15.9 Å². The van der Waals surface area contributed by atoms with Crippen molar-refractivity contribution in [2.24, 2.45) is 0 Å². The molecular weight excluding hydrogens is 326 g/mol. The maximum atomic E-state index is 12.3. The molecule has 0 atom stereocenters. The molecule has 19 heavy (non-hydrogen) atoms. The molecule has 1 aromatic heterocycles. The standard InChI is InChI=1S/C14H14BrNO2S/c1-3-18-11-5-4-9(7-10(11)16)13(17)12-6-8(2)14(15)19-12/h4-7H,3,16H2,1-2H3. The van der Waals surface area contributed by atoms with Gasteiger partial charge in [0.1, 0.15) is 5.75 Å². The van der Waals surface area contributed by atoms with Crippen molar-refractivity contribution < 1.29 is 9.53 Å². The van der Waals surface area contributed by atoms with E-state index in [0.29, 0.717) is 28.5 Å². The topological polar surface area (TPSA) is 52.3 Å². The lowest BCUT2D eigenvalue weighted by atomic mass is 10.1. The van der Waals surface area contributed by atoms with Crippen LogP contribution in [0.1, 0.15) is 27.7 Å². The van der Waals surface area contributed by atoms with Crippen molar-refractivity contribution in [1.82, 2.24) is 0 Å². The normalized spacial score (nSPS) is 10.5. The summed E-state index contributed by atoms with van der Waals surface area (Å²) in [6.45, 7) is 4.41. The number of ether oxygens (including phenoxy) is 1. The maximum absolute atomic E-state index is 12.3. The van der Waals surface area contributed by atoms with Crippen LogP contribution in [0.5, 0.6) is 5.75 Å². The first-order valence-electron chi connectivity index (χ1n) is 5.86. The van der Waals surface area contributed by atoms with E-state index in [4.69, 9.17) is 10.5 Å². The van der Waals surface area contributed by atoms with Gasteiger partial charge < -0.3 is 10.5 Å². The van der Waals surface area contributed by atoms with Crippen LogP contribution in [0.15, 0.2) is 28.1 Å². The number of aryl methyl sites for hydroxylation is 1. The number of anilines is 1. The lowest BCUT2D eigenvalue weighted by Crippen LogP contribution is -2.02. The van der Waals surface area contributed by atoms with E-state index in [0.717, 1.165) is 9.35 Å². The van der Waals surface area contributed by atoms with Gasteiger partial charge in [0.15, 0.2) is 0 Å². The van der Waals surface area contributed by atoms with Crippen LogP contribution in [0.2, 0.25) is 0 Å². The van der Waals surface area contributed by atoms with E-state index in [1.165, 1.54) is 11.3 Å². The summed E-state index contributed by atoms with van der Waals surface area (Å²) in [7, 11) is 0. The molecule has 0 fully saturated rings. The quantitative estimate of drug-likeness (QED) is 0.675. The van der Waals surface area contributed by atoms with Gasteiger partial charge in [0.05, 0.1) is 21.0 Å². The third-order valence-corrected chi connectivity index (χ3v) is 4.79. The Morgan fingerprint density at radius 1 is 1.42 bits per heavy atom. The Bertz CT molecular complexity index is 602. The molecule has 0 unspecified atom stereocenters. The molecule has 0 amide bonds. The second-order valence-corrected chi connectivity index (χ2v) is 6.45. The van der Waals surface area contributed by atoms with Gasteiger partial charge in [-0.25, -0.2) is 0 Å². The molecule has 3 nitrogen and oxygen atoms in total. The Hall–Kier alpha value is -1.33. The molecule has 2 N–H and O–H groups in total. The summed E-state index contributed by atoms with van der Waals surface area (Å²) in [5.74, 6) is 0.594. The van der Waals surface area contributed by atoms with E-state index in [1.807, 2.05) is 19.9 Å². The first-order chi connectivity index (χ1) is 9.02. The van der Waals surface area contributed by atoms with Crippen molar-refractivity contribution in [3.63, 3.8) is 0 Å². The Balaban J connectivity index is 2.31. The molecule has 5 heteroatoms. The van der Waals surface area contributed by atoms with Crippen molar-refractivity contribution >= 4 is 38.7 Å². The van der Waals surface area contributed by atoms with Gasteiger partial charge in [-0.2, -0.15) is 0 Å². The predicted octanol–water partition coefficient (Wildman–Crippen LogP) is 4.03. The molecule has 0 spiro atoms. The number of halogens is 1. The fourth-order valence-corrected chi connectivity index (χ4v) is 3.19. The average Bonchev–Trinajstić information content (AvgIpc) is 2.71. The minimum Gasteiger partial charge on any atom is -0.492 e. The zero-order valence-corrected chi connectivity index (χ0v) is 13.1. The lowest BCUT2D eigenvalue weighted by Gasteiger charge is -2.07. The van der Waals surface area contributed by atoms with Crippen molar-refractivity contribution in [2.45, 2.75) is 13.8 Å². The second kappa shape index (κ2) is 5.75. The molecule has 0 saturated carbocycles. The molecule has 0 radical (unpaired) electrons. The highest BCUT2D eigenvalue weighted by Gasteiger charge is 2.14. The molecule has 0 aliphatic rings. The van der Waals surface area contributed by atoms with Crippen molar-refractivity contribution in [2.75, 3.05) is 12.3 Å². The van der Waals surface area contributed by atoms with Gasteiger partial charge in [0, 0.05) is 5.56 Å². The molecule has 0 aliphatic heterocycles. The minimum absolute atomic E-state index is 0.0199. The summed E-state index contributed by atoms with van der Waals surface area (Å²) in [5, 5.41) is 0. The van der Waals surface area contributed by atoms with E-state index in [9.17, 15) is 4.79 Å². The minimum atomic E-state index is -0.0199. The number of benzene rings is 1. The van der Waals surface area contributed by atoms with Gasteiger partial charge in [0.2, 0.25) is 5.78 Å². The molecule has 2 aromatic rings. The monoisotopic (exact) mass is 339 g/mol. The number of nitrogens with two attached hydrogens (primary N) is 1. The number of carbonyl (C=O) groups excluding carboxylic acids is 1. The van der Waals surface area contributed by atoms with E-state index in [1.54, 1.807) is 18.2 Å². The highest BCUT2D eigenvalue weighted by Crippen LogP contribution is 2.30. The number of ketones is 1. The van der Waals surface area contributed by atoms with E-state index >= 15 is 0 Å². The third-order valence-electron chi connectivity index (χ3n) is 2.65. The van der Waals surface area contributed by atoms with E-state index < -0.39 is 0 Å². The molecule has 1 aromatic carbocycles. The van der Waals surface area contributed by atoms with Gasteiger partial charge in [-0.05, 0) is 59.6 Å². The first-order valence-corrected chi connectivity index (χ1v) is 7.46. The van der Waals surface area contributed by atoms with Gasteiger partial charge >= 0.3 is 0 Å². The van der Waals surface area contributed by atoms with Gasteiger partial charge in [-0.3, -0.25) is 4.79 Å². The molecule has 1 heterocycles. The van der Waals surface area contributed by atoms with Crippen LogP contribution in [0.3, 0.4) is 0 Å². The third kappa shape index (κ3) is 2.98. The Morgan fingerprint density at radius 2 is 2.16 bits per heavy atom. The SMILES string of the molecule is CCOc1ccc(C(=O)c2cc(C)c(Br)s2)cc1N. The first kappa shape index (κ1) is 14.1. The highest BCUT2D eigenvalue weighted by molar-refractivity contribution is 9.11. The Morgan fingerprint density at radius 3 is 2.68 bits per heavy atom. The highest BCUT2D eigenvalue weighted by atomic mass is 79.9. The summed E-state index contributed by atoms with van der Waals surface area (Å²) in [6.07, 6.45) is 0. The number of hydrogen-bond donors (Lipinski definition) is 1. The van der Waals surface area contributed by atoms with E-state index in [-0.39, 0.29) is 5.78 Å². The number of thiophene rings is 1. The maximum Gasteiger partial charge on any atom is 0.203 e. The predicted molar refractivity (Wildman–Crippen MR) is 82.2 cm³/mol. The number of rotatable bonds is 4. The van der Waals surface area contributed by atoms with Crippen LogP contribution < -0.4 is 10.5 Å². The second-order valence-electron chi connectivity index (χ2n) is 4.08. The van der Waals surface area contributed by atoms with Crippen LogP contribution in [0.4, 0.5) is 5.69 Å². The molecule has 0 saturated heterocycles. The van der Waals surface area contributed by atoms with Crippen LogP contribution in [0, 0.1) is 6.92 Å². The van der Waals surface area contributed by atoms with Crippen molar-refractivity contribution in [3.8, 4) is 5.75 Å². The number of hydrogen-bond acceptors (Lipinski definition) is 4. The molecule has 0 aliphatic carbocycles. The van der Waals surface area contributed by atoms with Crippen molar-refractivity contribution in [1.29, 1.82) is 0 Å². The molecular formula is C14H14BrNO2S. The van der Waals surface area contributed by atoms with Crippen LogP contribution in [-0.4, -0.2) is 12.4 Å². The zero-order valence-electron chi connectivity index (χ0n) is 10.7. The van der Waals surface area contributed by atoms with Crippen LogP contribution in [-0.2, 0) is 0 Å². The smallest absolute Gasteiger partial charge is 0.203 e. The molecule has 2 rings (SSSR count). The molecule has 0 bridgehead atoms. The average molecular weight is 340 g/mol. The summed E-state index contributed by atoms with van der Waals surface area (Å²) in [5.41, 5.74) is 8.00. The van der Waals surface area contributed by atoms with Crippen LogP contribution in [0.25, 0.3) is 0 Å². The zero-order chi connectivity index (χ0) is 14.0. The largest absolute Gasteiger partial charge is 0.492 e. The lowest BCUT2D eigenvalue weighted by molar-refractivity contribution is 0.104. The number of nitrogen functional groups attached to an aromatic ring is 1. The molecule has 100 valence electrons. The summed E-state index contributed by atoms with van der Waals surface area (Å²) >= 11 is 4.86. The van der Waals surface area contributed by atoms with Gasteiger partial charge in [-0.1, -0.05) is 0 Å². The van der Waals surface area contributed by atoms with Crippen LogP contribution >= 0.6 is 27.3 Å². The Kier molecular flexibility index (Phi) is 4.27. The number of carbonyl (C=O) groups is 1. The summed E-state index contributed by atoms with van der Waals surface area (Å²) < 4.78 is 6.34. The Labute approximate surface area is 124 Å². The van der Waals surface area contributed by atoms with Gasteiger partial charge in [-0.15, -0.1) is 11.3 Å². The van der Waals surface area contributed by atoms with Gasteiger partial charge in [0.25, 0.3) is 0 Å². The summed E-state index contributed by atoms with van der Waals surface area (Å²) in [4.78, 5) is 13.0. The summed E-state index contributed by atoms with van der Waals surface area (Å²) in [6, 6.07) is 7.02. The van der Waals surface area contributed by atoms with Crippen molar-refractivity contribution in [3.05, 3.63) is 44.1 Å². The fraction of sp³-hybridized carbons (Fsp3) is 0.214. The fourth-order valence-electron chi connectivity index (χ4n) is 1.69.